The van der Waals surface area contributed by atoms with E-state index in [2.05, 4.69) is 45.0 Å². The zero-order valence-electron chi connectivity index (χ0n) is 19.3. The van der Waals surface area contributed by atoms with Crippen molar-refractivity contribution in [2.45, 2.75) is 25.3 Å². The van der Waals surface area contributed by atoms with Crippen LogP contribution in [0.2, 0.25) is 0 Å². The van der Waals surface area contributed by atoms with Crippen molar-refractivity contribution in [2.75, 3.05) is 52.6 Å². The summed E-state index contributed by atoms with van der Waals surface area (Å²) in [6.45, 7) is 7.17. The van der Waals surface area contributed by atoms with Gasteiger partial charge in [-0.2, -0.15) is 0 Å². The molecular formula is C26H30N4O3S. The minimum absolute atomic E-state index is 0.259. The fraction of sp³-hybridized carbons (Fsp3) is 0.462. The summed E-state index contributed by atoms with van der Waals surface area (Å²) in [6.07, 6.45) is 2.16. The molecule has 3 aromatic rings. The molecule has 3 aliphatic heterocycles. The van der Waals surface area contributed by atoms with Crippen LogP contribution in [0.25, 0.3) is 10.2 Å². The van der Waals surface area contributed by atoms with E-state index in [9.17, 15) is 4.79 Å². The number of nitrogens with zero attached hydrogens (tertiary/aromatic N) is 4. The van der Waals surface area contributed by atoms with Crippen molar-refractivity contribution in [2.24, 2.45) is 0 Å². The number of piperidine rings is 1. The fourth-order valence-electron chi connectivity index (χ4n) is 5.16. The van der Waals surface area contributed by atoms with Gasteiger partial charge in [0, 0.05) is 51.7 Å². The Bertz CT molecular complexity index is 1140. The van der Waals surface area contributed by atoms with E-state index in [1.54, 1.807) is 11.3 Å². The Balaban J connectivity index is 1.000. The van der Waals surface area contributed by atoms with E-state index in [1.165, 1.54) is 15.3 Å². The highest BCUT2D eigenvalue weighted by Gasteiger charge is 2.28. The third-order valence-corrected chi connectivity index (χ3v) is 8.30. The lowest BCUT2D eigenvalue weighted by atomic mass is 9.98. The van der Waals surface area contributed by atoms with Crippen LogP contribution >= 0.6 is 11.3 Å². The lowest BCUT2D eigenvalue weighted by Gasteiger charge is -2.37. The molecule has 0 saturated carbocycles. The summed E-state index contributed by atoms with van der Waals surface area (Å²) in [5.74, 6) is 2.28. The van der Waals surface area contributed by atoms with E-state index in [4.69, 9.17) is 14.5 Å². The fourth-order valence-corrected chi connectivity index (χ4v) is 6.26. The Morgan fingerprint density at radius 3 is 2.71 bits per heavy atom. The largest absolute Gasteiger partial charge is 0.454 e. The van der Waals surface area contributed by atoms with Crippen LogP contribution in [0.5, 0.6) is 11.5 Å². The number of fused-ring (bicyclic) bond motifs is 2. The summed E-state index contributed by atoms with van der Waals surface area (Å²) in [4.78, 5) is 24.8. The quantitative estimate of drug-likeness (QED) is 0.559. The van der Waals surface area contributed by atoms with E-state index in [0.717, 1.165) is 75.7 Å². The number of benzene rings is 2. The topological polar surface area (TPSA) is 58.1 Å². The Labute approximate surface area is 203 Å². The maximum absolute atomic E-state index is 13.1. The Hall–Kier alpha value is -2.68. The highest BCUT2D eigenvalue weighted by atomic mass is 32.1. The molecule has 178 valence electrons. The molecule has 8 heteroatoms. The van der Waals surface area contributed by atoms with Gasteiger partial charge in [0.05, 0.1) is 21.8 Å². The molecule has 6 rings (SSSR count). The minimum Gasteiger partial charge on any atom is -0.454 e. The zero-order valence-corrected chi connectivity index (χ0v) is 20.1. The predicted octanol–water partition coefficient (Wildman–Crippen LogP) is 3.55. The maximum Gasteiger partial charge on any atom is 0.236 e. The van der Waals surface area contributed by atoms with Gasteiger partial charge in [0.15, 0.2) is 11.5 Å². The first-order valence-corrected chi connectivity index (χ1v) is 13.0. The van der Waals surface area contributed by atoms with Crippen LogP contribution < -0.4 is 9.47 Å². The van der Waals surface area contributed by atoms with E-state index >= 15 is 0 Å². The number of piperazine rings is 1. The number of rotatable bonds is 5. The second kappa shape index (κ2) is 9.52. The standard InChI is InChI=1S/C26H30N4O3S/c31-25(30-9-3-4-20(16-30)26-27-21-5-1-2-6-24(21)34-26)17-29-12-10-28(11-13-29)15-19-7-8-22-23(14-19)33-18-32-22/h1-2,5-8,14,20H,3-4,9-13,15-18H2/t20-/m0/s1. The number of carbonyl (C=O) groups is 1. The number of ether oxygens (including phenoxy) is 2. The van der Waals surface area contributed by atoms with Crippen molar-refractivity contribution < 1.29 is 14.3 Å². The molecule has 3 aliphatic rings. The monoisotopic (exact) mass is 478 g/mol. The molecule has 34 heavy (non-hydrogen) atoms. The SMILES string of the molecule is O=C(CN1CCN(Cc2ccc3c(c2)OCO3)CC1)N1CCC[C@H](c2nc3ccccc3s2)C1. The van der Waals surface area contributed by atoms with Crippen LogP contribution in [0.4, 0.5) is 0 Å². The first kappa shape index (κ1) is 21.8. The summed E-state index contributed by atoms with van der Waals surface area (Å²) in [5, 5.41) is 1.18. The molecule has 0 aliphatic carbocycles. The van der Waals surface area contributed by atoms with Crippen LogP contribution in [0.3, 0.4) is 0 Å². The van der Waals surface area contributed by atoms with E-state index in [1.807, 2.05) is 12.1 Å². The number of para-hydroxylation sites is 1. The van der Waals surface area contributed by atoms with Crippen molar-refractivity contribution >= 4 is 27.5 Å². The molecule has 0 bridgehead atoms. The van der Waals surface area contributed by atoms with Gasteiger partial charge >= 0.3 is 0 Å². The van der Waals surface area contributed by atoms with Crippen molar-refractivity contribution in [1.82, 2.24) is 19.7 Å². The number of likely N-dealkylation sites (tertiary alicyclic amines) is 1. The molecular weight excluding hydrogens is 448 g/mol. The molecule has 0 spiro atoms. The molecule has 1 amide bonds. The molecule has 2 aromatic carbocycles. The van der Waals surface area contributed by atoms with Gasteiger partial charge in [-0.05, 0) is 42.7 Å². The second-order valence-electron chi connectivity index (χ2n) is 9.44. The van der Waals surface area contributed by atoms with Crippen LogP contribution in [0, 0.1) is 0 Å². The van der Waals surface area contributed by atoms with Gasteiger partial charge in [0.1, 0.15) is 0 Å². The van der Waals surface area contributed by atoms with Crippen molar-refractivity contribution in [1.29, 1.82) is 0 Å². The molecule has 4 heterocycles. The van der Waals surface area contributed by atoms with Crippen LogP contribution in [-0.2, 0) is 11.3 Å². The van der Waals surface area contributed by atoms with Crippen molar-refractivity contribution in [3.05, 3.63) is 53.0 Å². The number of aromatic nitrogens is 1. The highest BCUT2D eigenvalue weighted by molar-refractivity contribution is 7.18. The summed E-state index contributed by atoms with van der Waals surface area (Å²) < 4.78 is 12.1. The third kappa shape index (κ3) is 4.62. The molecule has 1 aromatic heterocycles. The number of hydrogen-bond acceptors (Lipinski definition) is 7. The second-order valence-corrected chi connectivity index (χ2v) is 10.5. The van der Waals surface area contributed by atoms with Gasteiger partial charge in [-0.3, -0.25) is 14.6 Å². The van der Waals surface area contributed by atoms with Crippen LogP contribution in [0.1, 0.15) is 29.3 Å². The Morgan fingerprint density at radius 2 is 1.82 bits per heavy atom. The lowest BCUT2D eigenvalue weighted by Crippen LogP contribution is -2.50. The van der Waals surface area contributed by atoms with E-state index in [-0.39, 0.29) is 5.91 Å². The van der Waals surface area contributed by atoms with Crippen LogP contribution in [-0.4, -0.2) is 78.2 Å². The third-order valence-electron chi connectivity index (χ3n) is 7.10. The van der Waals surface area contributed by atoms with Gasteiger partial charge in [0.2, 0.25) is 12.7 Å². The lowest BCUT2D eigenvalue weighted by molar-refractivity contribution is -0.134. The van der Waals surface area contributed by atoms with Crippen molar-refractivity contribution in [3.8, 4) is 11.5 Å². The number of amides is 1. The molecule has 2 fully saturated rings. The summed E-state index contributed by atoms with van der Waals surface area (Å²) in [7, 11) is 0. The number of thiazole rings is 1. The normalized spacial score (nSPS) is 21.3. The summed E-state index contributed by atoms with van der Waals surface area (Å²) >= 11 is 1.78. The Morgan fingerprint density at radius 1 is 1.00 bits per heavy atom. The number of carbonyl (C=O) groups excluding carboxylic acids is 1. The first-order chi connectivity index (χ1) is 16.7. The first-order valence-electron chi connectivity index (χ1n) is 12.2. The minimum atomic E-state index is 0.259. The summed E-state index contributed by atoms with van der Waals surface area (Å²) in [6, 6.07) is 14.5. The van der Waals surface area contributed by atoms with Gasteiger partial charge in [-0.1, -0.05) is 18.2 Å². The van der Waals surface area contributed by atoms with Crippen LogP contribution in [0.15, 0.2) is 42.5 Å². The van der Waals surface area contributed by atoms with E-state index < -0.39 is 0 Å². The number of hydrogen-bond donors (Lipinski definition) is 0. The molecule has 0 radical (unpaired) electrons. The molecule has 0 unspecified atom stereocenters. The maximum atomic E-state index is 13.1. The molecule has 1 atom stereocenters. The smallest absolute Gasteiger partial charge is 0.236 e. The van der Waals surface area contributed by atoms with Gasteiger partial charge < -0.3 is 14.4 Å². The highest BCUT2D eigenvalue weighted by Crippen LogP contribution is 2.34. The predicted molar refractivity (Wildman–Crippen MR) is 132 cm³/mol. The molecule has 2 saturated heterocycles. The molecule has 7 nitrogen and oxygen atoms in total. The zero-order chi connectivity index (χ0) is 22.9. The van der Waals surface area contributed by atoms with Gasteiger partial charge in [0.25, 0.3) is 0 Å². The average molecular weight is 479 g/mol. The molecule has 0 N–H and O–H groups in total. The summed E-state index contributed by atoms with van der Waals surface area (Å²) in [5.41, 5.74) is 2.31. The van der Waals surface area contributed by atoms with E-state index in [0.29, 0.717) is 19.3 Å². The van der Waals surface area contributed by atoms with Gasteiger partial charge in [-0.15, -0.1) is 11.3 Å². The van der Waals surface area contributed by atoms with Gasteiger partial charge in [-0.25, -0.2) is 4.98 Å². The van der Waals surface area contributed by atoms with Crippen molar-refractivity contribution in [3.63, 3.8) is 0 Å². The average Bonchev–Trinajstić information content (AvgIpc) is 3.52. The Kier molecular flexibility index (Phi) is 6.11.